The molecule has 4 aromatic rings. The Balaban J connectivity index is 0.000000471. The standard InChI is InChI=1S/C23H20BrN.C2H5Br.2C2H6/c1-3-25-20-11-7-6-10-17(20)21-14(2)19(13-24)22-16-9-5-4-8-15(16)12-18(22)23(21)25;1-2-3;2*1-2/h4-11H,3,12-13H2,1-2H3;2H2,1H3;2*1-2H3. The van der Waals surface area contributed by atoms with Crippen LogP contribution < -0.4 is 0 Å². The molecule has 0 atom stereocenters. The van der Waals surface area contributed by atoms with E-state index in [-0.39, 0.29) is 0 Å². The highest BCUT2D eigenvalue weighted by Crippen LogP contribution is 2.47. The van der Waals surface area contributed by atoms with E-state index in [0.29, 0.717) is 0 Å². The Morgan fingerprint density at radius 2 is 1.47 bits per heavy atom. The van der Waals surface area contributed by atoms with E-state index in [1.54, 1.807) is 0 Å². The first kappa shape index (κ1) is 26.7. The van der Waals surface area contributed by atoms with Gasteiger partial charge in [-0.05, 0) is 53.3 Å². The minimum atomic E-state index is 0.900. The zero-order chi connectivity index (χ0) is 23.8. The molecule has 0 saturated carbocycles. The molecule has 1 nitrogen and oxygen atoms in total. The van der Waals surface area contributed by atoms with Gasteiger partial charge in [0.2, 0.25) is 0 Å². The van der Waals surface area contributed by atoms with Crippen molar-refractivity contribution in [2.75, 3.05) is 5.33 Å². The molecule has 1 heterocycles. The van der Waals surface area contributed by atoms with Gasteiger partial charge in [-0.1, -0.05) is 109 Å². The van der Waals surface area contributed by atoms with E-state index in [1.165, 1.54) is 55.2 Å². The van der Waals surface area contributed by atoms with Crippen LogP contribution in [0.1, 0.15) is 63.8 Å². The van der Waals surface area contributed by atoms with Crippen LogP contribution in [0, 0.1) is 6.92 Å². The lowest BCUT2D eigenvalue weighted by Crippen LogP contribution is -2.00. The summed E-state index contributed by atoms with van der Waals surface area (Å²) in [5, 5.41) is 4.79. The molecule has 0 saturated heterocycles. The molecule has 0 amide bonds. The molecule has 1 aromatic heterocycles. The molecule has 1 aliphatic rings. The summed E-state index contributed by atoms with van der Waals surface area (Å²) in [6.45, 7) is 15.6. The van der Waals surface area contributed by atoms with E-state index >= 15 is 0 Å². The summed E-state index contributed by atoms with van der Waals surface area (Å²) in [6, 6.07) is 17.8. The molecule has 0 N–H and O–H groups in total. The lowest BCUT2D eigenvalue weighted by molar-refractivity contribution is 0.823. The zero-order valence-corrected chi connectivity index (χ0v) is 23.8. The van der Waals surface area contributed by atoms with Gasteiger partial charge >= 0.3 is 0 Å². The van der Waals surface area contributed by atoms with E-state index in [4.69, 9.17) is 0 Å². The summed E-state index contributed by atoms with van der Waals surface area (Å²) in [5.74, 6) is 0. The van der Waals surface area contributed by atoms with E-state index in [2.05, 4.69) is 98.8 Å². The number of aryl methyl sites for hydroxylation is 2. The maximum Gasteiger partial charge on any atom is 0.0536 e. The molecule has 0 bridgehead atoms. The average Bonchev–Trinajstić information content (AvgIpc) is 3.39. The van der Waals surface area contributed by atoms with Gasteiger partial charge in [-0.25, -0.2) is 0 Å². The van der Waals surface area contributed by atoms with E-state index < -0.39 is 0 Å². The first-order valence-corrected chi connectivity index (χ1v) is 14.2. The zero-order valence-electron chi connectivity index (χ0n) is 20.7. The van der Waals surface area contributed by atoms with Crippen LogP contribution in [0.3, 0.4) is 0 Å². The third-order valence-corrected chi connectivity index (χ3v) is 6.35. The molecule has 0 unspecified atom stereocenters. The summed E-state index contributed by atoms with van der Waals surface area (Å²) >= 11 is 6.93. The smallest absolute Gasteiger partial charge is 0.0536 e. The van der Waals surface area contributed by atoms with Crippen LogP contribution in [-0.2, 0) is 18.3 Å². The predicted molar refractivity (Wildman–Crippen MR) is 153 cm³/mol. The average molecular weight is 559 g/mol. The molecular formula is C29H37Br2N. The van der Waals surface area contributed by atoms with Gasteiger partial charge in [-0.2, -0.15) is 0 Å². The molecule has 0 fully saturated rings. The third kappa shape index (κ3) is 4.56. The SMILES string of the molecule is CC.CC.CCBr.CCn1c2ccccc2c2c(C)c(CBr)c3c(c21)Cc1ccccc1-3. The number of hydrogen-bond donors (Lipinski definition) is 0. The molecular weight excluding hydrogens is 522 g/mol. The topological polar surface area (TPSA) is 4.93 Å². The van der Waals surface area contributed by atoms with Gasteiger partial charge < -0.3 is 4.57 Å². The van der Waals surface area contributed by atoms with E-state index in [9.17, 15) is 0 Å². The molecule has 1 aliphatic carbocycles. The molecule has 0 spiro atoms. The second-order valence-electron chi connectivity index (χ2n) is 7.18. The predicted octanol–water partition coefficient (Wildman–Crippen LogP) is 10.0. The molecule has 172 valence electrons. The van der Waals surface area contributed by atoms with Crippen molar-refractivity contribution in [3.8, 4) is 11.1 Å². The lowest BCUT2D eigenvalue weighted by atomic mass is 9.92. The van der Waals surface area contributed by atoms with Crippen molar-refractivity contribution in [1.82, 2.24) is 4.57 Å². The van der Waals surface area contributed by atoms with Gasteiger partial charge in [0.25, 0.3) is 0 Å². The second-order valence-corrected chi connectivity index (χ2v) is 8.86. The Kier molecular flexibility index (Phi) is 10.5. The summed E-state index contributed by atoms with van der Waals surface area (Å²) in [7, 11) is 0. The highest BCUT2D eigenvalue weighted by Gasteiger charge is 2.28. The first-order chi connectivity index (χ1) is 15.7. The van der Waals surface area contributed by atoms with Crippen molar-refractivity contribution < 1.29 is 0 Å². The molecule has 32 heavy (non-hydrogen) atoms. The number of para-hydroxylation sites is 1. The van der Waals surface area contributed by atoms with Gasteiger partial charge in [-0.15, -0.1) is 0 Å². The molecule has 0 aliphatic heterocycles. The number of fused-ring (bicyclic) bond motifs is 7. The Bertz CT molecular complexity index is 1170. The number of aromatic nitrogens is 1. The maximum absolute atomic E-state index is 3.78. The van der Waals surface area contributed by atoms with Crippen LogP contribution in [0.5, 0.6) is 0 Å². The Hall–Kier alpha value is -1.58. The minimum Gasteiger partial charge on any atom is -0.340 e. The van der Waals surface area contributed by atoms with Gasteiger partial charge in [-0.3, -0.25) is 0 Å². The van der Waals surface area contributed by atoms with Crippen molar-refractivity contribution >= 4 is 53.7 Å². The fraction of sp³-hybridized carbons (Fsp3) is 0.379. The van der Waals surface area contributed by atoms with Crippen LogP contribution in [0.2, 0.25) is 0 Å². The van der Waals surface area contributed by atoms with Crippen molar-refractivity contribution in [3.05, 3.63) is 70.8 Å². The normalized spacial score (nSPS) is 10.9. The summed E-state index contributed by atoms with van der Waals surface area (Å²) in [4.78, 5) is 0. The third-order valence-electron chi connectivity index (χ3n) is 5.79. The monoisotopic (exact) mass is 557 g/mol. The number of hydrogen-bond acceptors (Lipinski definition) is 0. The lowest BCUT2D eigenvalue weighted by Gasteiger charge is -2.15. The summed E-state index contributed by atoms with van der Waals surface area (Å²) < 4.78 is 2.51. The van der Waals surface area contributed by atoms with Crippen molar-refractivity contribution in [1.29, 1.82) is 0 Å². The van der Waals surface area contributed by atoms with Crippen LogP contribution in [0.15, 0.2) is 48.5 Å². The summed E-state index contributed by atoms with van der Waals surface area (Å²) in [6.07, 6.45) is 1.04. The van der Waals surface area contributed by atoms with Crippen LogP contribution in [-0.4, -0.2) is 9.90 Å². The second kappa shape index (κ2) is 12.6. The Morgan fingerprint density at radius 1 is 0.875 bits per heavy atom. The molecule has 3 heteroatoms. The number of halogens is 2. The van der Waals surface area contributed by atoms with Crippen molar-refractivity contribution in [3.63, 3.8) is 0 Å². The number of alkyl halides is 2. The Morgan fingerprint density at radius 3 is 2.09 bits per heavy atom. The summed E-state index contributed by atoms with van der Waals surface area (Å²) in [5.41, 5.74) is 11.5. The van der Waals surface area contributed by atoms with Crippen LogP contribution in [0.25, 0.3) is 32.9 Å². The number of rotatable bonds is 2. The van der Waals surface area contributed by atoms with Gasteiger partial charge in [0, 0.05) is 39.9 Å². The van der Waals surface area contributed by atoms with E-state index in [1.807, 2.05) is 34.6 Å². The minimum absolute atomic E-state index is 0.900. The van der Waals surface area contributed by atoms with Gasteiger partial charge in [0.05, 0.1) is 5.52 Å². The maximum atomic E-state index is 3.78. The van der Waals surface area contributed by atoms with Crippen molar-refractivity contribution in [2.24, 2.45) is 0 Å². The Labute approximate surface area is 211 Å². The number of nitrogens with zero attached hydrogens (tertiary/aromatic N) is 1. The molecule has 3 aromatic carbocycles. The van der Waals surface area contributed by atoms with E-state index in [0.717, 1.165) is 23.6 Å². The highest BCUT2D eigenvalue weighted by atomic mass is 79.9. The number of benzene rings is 3. The molecule has 0 radical (unpaired) electrons. The van der Waals surface area contributed by atoms with Gasteiger partial charge in [0.15, 0.2) is 0 Å². The van der Waals surface area contributed by atoms with Crippen LogP contribution >= 0.6 is 31.9 Å². The first-order valence-electron chi connectivity index (χ1n) is 11.9. The quantitative estimate of drug-likeness (QED) is 0.190. The van der Waals surface area contributed by atoms with Gasteiger partial charge in [0.1, 0.15) is 0 Å². The fourth-order valence-corrected chi connectivity index (χ4v) is 5.44. The van der Waals surface area contributed by atoms with Crippen LogP contribution in [0.4, 0.5) is 0 Å². The highest BCUT2D eigenvalue weighted by molar-refractivity contribution is 9.09. The largest absolute Gasteiger partial charge is 0.340 e. The molecule has 5 rings (SSSR count). The van der Waals surface area contributed by atoms with Crippen molar-refractivity contribution in [2.45, 2.75) is 66.8 Å². The fourth-order valence-electron chi connectivity index (χ4n) is 4.74.